The Bertz CT molecular complexity index is 462. The molecule has 1 atom stereocenters. The summed E-state index contributed by atoms with van der Waals surface area (Å²) in [5, 5.41) is 3.46. The van der Waals surface area contributed by atoms with Gasteiger partial charge in [0.2, 0.25) is 0 Å². The first kappa shape index (κ1) is 12.7. The van der Waals surface area contributed by atoms with Gasteiger partial charge in [-0.15, -0.1) is 0 Å². The summed E-state index contributed by atoms with van der Waals surface area (Å²) in [6.45, 7) is 2.75. The predicted molar refractivity (Wildman–Crippen MR) is 77.7 cm³/mol. The number of hydrogen-bond acceptors (Lipinski definition) is 2. The summed E-state index contributed by atoms with van der Waals surface area (Å²) in [7, 11) is 0. The minimum atomic E-state index is 0.165. The van der Waals surface area contributed by atoms with Gasteiger partial charge in [0.05, 0.1) is 6.04 Å². The van der Waals surface area contributed by atoms with Crippen LogP contribution in [0.25, 0.3) is 0 Å². The van der Waals surface area contributed by atoms with Crippen LogP contribution < -0.4 is 11.1 Å². The second-order valence-electron chi connectivity index (χ2n) is 4.39. The number of benzene rings is 2. The van der Waals surface area contributed by atoms with Gasteiger partial charge in [0.1, 0.15) is 0 Å². The number of anilines is 1. The van der Waals surface area contributed by atoms with Crippen molar-refractivity contribution < 1.29 is 0 Å². The lowest BCUT2D eigenvalue weighted by Crippen LogP contribution is -2.20. The number of nitrogens with one attached hydrogen (secondary N) is 1. The van der Waals surface area contributed by atoms with Crippen LogP contribution in [-0.2, 0) is 6.42 Å². The molecule has 0 amide bonds. The molecule has 0 saturated carbocycles. The van der Waals surface area contributed by atoms with Crippen LogP contribution in [-0.4, -0.2) is 6.54 Å². The minimum absolute atomic E-state index is 0.165. The third-order valence-electron chi connectivity index (χ3n) is 3.14. The van der Waals surface area contributed by atoms with Gasteiger partial charge in [-0.2, -0.15) is 0 Å². The number of para-hydroxylation sites is 1. The van der Waals surface area contributed by atoms with Crippen LogP contribution in [0.3, 0.4) is 0 Å². The van der Waals surface area contributed by atoms with E-state index in [9.17, 15) is 0 Å². The van der Waals surface area contributed by atoms with Gasteiger partial charge in [-0.05, 0) is 29.7 Å². The van der Waals surface area contributed by atoms with E-state index in [1.54, 1.807) is 0 Å². The van der Waals surface area contributed by atoms with Gasteiger partial charge in [0.15, 0.2) is 0 Å². The maximum absolute atomic E-state index is 5.86. The molecule has 2 heteroatoms. The van der Waals surface area contributed by atoms with Crippen LogP contribution in [0.15, 0.2) is 54.6 Å². The van der Waals surface area contributed by atoms with E-state index >= 15 is 0 Å². The van der Waals surface area contributed by atoms with Crippen LogP contribution >= 0.6 is 0 Å². The van der Waals surface area contributed by atoms with Crippen molar-refractivity contribution in [3.63, 3.8) is 0 Å². The largest absolute Gasteiger partial charge is 0.377 e. The molecule has 2 rings (SSSR count). The molecule has 2 aromatic carbocycles. The van der Waals surface area contributed by atoms with E-state index in [2.05, 4.69) is 48.6 Å². The van der Waals surface area contributed by atoms with Crippen molar-refractivity contribution in [3.8, 4) is 0 Å². The van der Waals surface area contributed by atoms with Crippen molar-refractivity contribution >= 4 is 5.69 Å². The van der Waals surface area contributed by atoms with E-state index in [1.165, 1.54) is 11.1 Å². The lowest BCUT2D eigenvalue weighted by atomic mass is 10.0. The average molecular weight is 240 g/mol. The molecule has 0 aromatic heterocycles. The summed E-state index contributed by atoms with van der Waals surface area (Å²) in [6, 6.07) is 19.0. The SMILES string of the molecule is CCc1ccc(C(CN)Nc2ccccc2)cc1. The van der Waals surface area contributed by atoms with E-state index < -0.39 is 0 Å². The number of aryl methyl sites for hydroxylation is 1. The molecule has 0 fully saturated rings. The Hall–Kier alpha value is -1.80. The van der Waals surface area contributed by atoms with Crippen molar-refractivity contribution in [3.05, 3.63) is 65.7 Å². The topological polar surface area (TPSA) is 38.0 Å². The number of hydrogen-bond donors (Lipinski definition) is 2. The zero-order valence-corrected chi connectivity index (χ0v) is 10.8. The van der Waals surface area contributed by atoms with Crippen molar-refractivity contribution in [2.45, 2.75) is 19.4 Å². The predicted octanol–water partition coefficient (Wildman–Crippen LogP) is 3.36. The van der Waals surface area contributed by atoms with Gasteiger partial charge >= 0.3 is 0 Å². The monoisotopic (exact) mass is 240 g/mol. The molecule has 0 aliphatic rings. The van der Waals surface area contributed by atoms with Gasteiger partial charge in [-0.25, -0.2) is 0 Å². The fraction of sp³-hybridized carbons (Fsp3) is 0.250. The van der Waals surface area contributed by atoms with Gasteiger partial charge in [-0.1, -0.05) is 49.4 Å². The molecule has 3 N–H and O–H groups in total. The highest BCUT2D eigenvalue weighted by atomic mass is 14.9. The Kier molecular flexibility index (Phi) is 4.37. The Labute approximate surface area is 109 Å². The minimum Gasteiger partial charge on any atom is -0.377 e. The quantitative estimate of drug-likeness (QED) is 0.841. The molecule has 1 unspecified atom stereocenters. The summed E-state index contributed by atoms with van der Waals surface area (Å²) in [5.41, 5.74) is 9.56. The van der Waals surface area contributed by atoms with Crippen LogP contribution in [0.1, 0.15) is 24.1 Å². The molecule has 94 valence electrons. The van der Waals surface area contributed by atoms with Crippen LogP contribution in [0.2, 0.25) is 0 Å². The molecule has 2 nitrogen and oxygen atoms in total. The molecule has 0 aliphatic heterocycles. The Balaban J connectivity index is 2.12. The fourth-order valence-corrected chi connectivity index (χ4v) is 2.00. The van der Waals surface area contributed by atoms with Gasteiger partial charge < -0.3 is 11.1 Å². The van der Waals surface area contributed by atoms with Gasteiger partial charge in [-0.3, -0.25) is 0 Å². The van der Waals surface area contributed by atoms with Gasteiger partial charge in [0.25, 0.3) is 0 Å². The highest BCUT2D eigenvalue weighted by Crippen LogP contribution is 2.19. The molecule has 18 heavy (non-hydrogen) atoms. The van der Waals surface area contributed by atoms with E-state index in [0.717, 1.165) is 12.1 Å². The normalized spacial score (nSPS) is 12.1. The fourth-order valence-electron chi connectivity index (χ4n) is 2.00. The molecule has 0 spiro atoms. The summed E-state index contributed by atoms with van der Waals surface area (Å²) in [5.74, 6) is 0. The Morgan fingerprint density at radius 2 is 1.67 bits per heavy atom. The summed E-state index contributed by atoms with van der Waals surface area (Å²) < 4.78 is 0. The van der Waals surface area contributed by atoms with Crippen molar-refractivity contribution in [2.24, 2.45) is 5.73 Å². The second kappa shape index (κ2) is 6.22. The van der Waals surface area contributed by atoms with E-state index in [1.807, 2.05) is 18.2 Å². The lowest BCUT2D eigenvalue weighted by Gasteiger charge is -2.19. The second-order valence-corrected chi connectivity index (χ2v) is 4.39. The Morgan fingerprint density at radius 1 is 1.00 bits per heavy atom. The van der Waals surface area contributed by atoms with E-state index in [4.69, 9.17) is 5.73 Å². The summed E-state index contributed by atoms with van der Waals surface area (Å²) >= 11 is 0. The van der Waals surface area contributed by atoms with Crippen molar-refractivity contribution in [2.75, 3.05) is 11.9 Å². The molecule has 0 aliphatic carbocycles. The van der Waals surface area contributed by atoms with Crippen LogP contribution in [0, 0.1) is 0 Å². The van der Waals surface area contributed by atoms with Crippen LogP contribution in [0.5, 0.6) is 0 Å². The summed E-state index contributed by atoms with van der Waals surface area (Å²) in [4.78, 5) is 0. The molecule has 0 saturated heterocycles. The zero-order valence-electron chi connectivity index (χ0n) is 10.8. The standard InChI is InChI=1S/C16H20N2/c1-2-13-8-10-14(11-9-13)16(12-17)18-15-6-4-3-5-7-15/h3-11,16,18H,2,12,17H2,1H3. The van der Waals surface area contributed by atoms with Crippen molar-refractivity contribution in [1.82, 2.24) is 0 Å². The number of rotatable bonds is 5. The molecule has 0 heterocycles. The first-order chi connectivity index (χ1) is 8.83. The molecule has 0 bridgehead atoms. The molecule has 0 radical (unpaired) electrons. The average Bonchev–Trinajstić information content (AvgIpc) is 2.46. The maximum Gasteiger partial charge on any atom is 0.0636 e. The first-order valence-corrected chi connectivity index (χ1v) is 6.44. The smallest absolute Gasteiger partial charge is 0.0636 e. The third-order valence-corrected chi connectivity index (χ3v) is 3.14. The molecular weight excluding hydrogens is 220 g/mol. The Morgan fingerprint density at radius 3 is 2.22 bits per heavy atom. The molecular formula is C16H20N2. The van der Waals surface area contributed by atoms with E-state index in [0.29, 0.717) is 6.54 Å². The highest BCUT2D eigenvalue weighted by Gasteiger charge is 2.08. The maximum atomic E-state index is 5.86. The number of nitrogens with two attached hydrogens (primary N) is 1. The van der Waals surface area contributed by atoms with Crippen LogP contribution in [0.4, 0.5) is 5.69 Å². The van der Waals surface area contributed by atoms with E-state index in [-0.39, 0.29) is 6.04 Å². The highest BCUT2D eigenvalue weighted by molar-refractivity contribution is 5.45. The van der Waals surface area contributed by atoms with Gasteiger partial charge in [0, 0.05) is 12.2 Å². The lowest BCUT2D eigenvalue weighted by molar-refractivity contribution is 0.789. The first-order valence-electron chi connectivity index (χ1n) is 6.44. The third kappa shape index (κ3) is 3.11. The zero-order chi connectivity index (χ0) is 12.8. The summed E-state index contributed by atoms with van der Waals surface area (Å²) in [6.07, 6.45) is 1.07. The molecule has 2 aromatic rings. The van der Waals surface area contributed by atoms with Crippen molar-refractivity contribution in [1.29, 1.82) is 0 Å².